The molecule has 11 nitrogen and oxygen atoms in total. The van der Waals surface area contributed by atoms with Crippen LogP contribution in [0.4, 0.5) is 0 Å². The number of aryl methyl sites for hydroxylation is 1. The first-order valence-electron chi connectivity index (χ1n) is 12.5. The fraction of sp³-hybridized carbons (Fsp3) is 0.250. The molecule has 0 aliphatic carbocycles. The Morgan fingerprint density at radius 3 is 2.27 bits per heavy atom. The van der Waals surface area contributed by atoms with E-state index >= 15 is 0 Å². The average molecular weight is 561 g/mol. The van der Waals surface area contributed by atoms with Crippen LogP contribution in [0, 0.1) is 6.92 Å². The third kappa shape index (κ3) is 5.57. The third-order valence-corrected chi connectivity index (χ3v) is 7.52. The number of para-hydroxylation sites is 1. The molecule has 0 bridgehead atoms. The molecule has 4 aromatic heterocycles. The van der Waals surface area contributed by atoms with Crippen LogP contribution in [0.5, 0.6) is 17.4 Å². The fourth-order valence-corrected chi connectivity index (χ4v) is 5.61. The second-order valence-electron chi connectivity index (χ2n) is 8.98. The molecule has 0 aliphatic rings. The largest absolute Gasteiger partial charge is 0.494 e. The lowest BCUT2D eigenvalue weighted by Crippen LogP contribution is -2.11. The van der Waals surface area contributed by atoms with Gasteiger partial charge in [-0.05, 0) is 49.7 Å². The molecule has 0 saturated carbocycles. The Kier molecular flexibility index (Phi) is 7.60. The van der Waals surface area contributed by atoms with E-state index in [0.717, 1.165) is 5.56 Å². The van der Waals surface area contributed by atoms with E-state index in [-0.39, 0.29) is 17.2 Å². The van der Waals surface area contributed by atoms with Crippen molar-refractivity contribution in [3.63, 3.8) is 0 Å². The summed E-state index contributed by atoms with van der Waals surface area (Å²) >= 11 is 0. The number of rotatable bonds is 10. The molecule has 5 aromatic rings. The first-order valence-corrected chi connectivity index (χ1v) is 14.3. The maximum atomic E-state index is 13.1. The summed E-state index contributed by atoms with van der Waals surface area (Å²) in [5.74, 6) is 1.35. The van der Waals surface area contributed by atoms with Crippen LogP contribution >= 0.6 is 0 Å². The fourth-order valence-electron chi connectivity index (χ4n) is 4.30. The van der Waals surface area contributed by atoms with E-state index < -0.39 is 9.84 Å². The molecule has 40 heavy (non-hydrogen) atoms. The molecular formula is C28H28N6O5S. The summed E-state index contributed by atoms with van der Waals surface area (Å²) in [6, 6.07) is 16.0. The normalized spacial score (nSPS) is 11.5. The van der Waals surface area contributed by atoms with Crippen LogP contribution in [0.1, 0.15) is 23.9 Å². The zero-order valence-electron chi connectivity index (χ0n) is 22.5. The van der Waals surface area contributed by atoms with Crippen molar-refractivity contribution in [3.05, 3.63) is 77.7 Å². The second kappa shape index (κ2) is 11.3. The molecule has 0 N–H and O–H groups in total. The van der Waals surface area contributed by atoms with E-state index in [4.69, 9.17) is 19.2 Å². The maximum absolute atomic E-state index is 13.1. The summed E-state index contributed by atoms with van der Waals surface area (Å²) in [7, 11) is -0.488. The second-order valence-corrected chi connectivity index (χ2v) is 11.0. The molecule has 0 atom stereocenters. The van der Waals surface area contributed by atoms with Crippen LogP contribution in [0.15, 0.2) is 60.8 Å². The predicted octanol–water partition coefficient (Wildman–Crippen LogP) is 4.11. The van der Waals surface area contributed by atoms with Gasteiger partial charge in [0.05, 0.1) is 49.2 Å². The number of imidazole rings is 1. The van der Waals surface area contributed by atoms with Crippen molar-refractivity contribution in [1.29, 1.82) is 0 Å². The lowest BCUT2D eigenvalue weighted by Gasteiger charge is -2.17. The standard InChI is InChI=1S/C28H28N6O5S/c1-5-39-25-11-6-8-21(30-25)28-31-27-22(34(28)26-23(37-3)9-7-10-24(26)38-4)14-20(32-33-27)17-40(35,36)16-19-13-12-18(2)15-29-19/h6-15H,5,16-17H2,1-4H3. The Hall–Kier alpha value is -4.58. The minimum absolute atomic E-state index is 0.216. The molecule has 4 heterocycles. The molecule has 12 heteroatoms. The number of aromatic nitrogens is 6. The zero-order chi connectivity index (χ0) is 28.3. The Labute approximate surface area is 231 Å². The van der Waals surface area contributed by atoms with E-state index in [1.54, 1.807) is 61.4 Å². The Morgan fingerprint density at radius 2 is 1.60 bits per heavy atom. The molecule has 5 rings (SSSR count). The molecule has 0 radical (unpaired) electrons. The number of fused-ring (bicyclic) bond motifs is 1. The maximum Gasteiger partial charge on any atom is 0.213 e. The van der Waals surface area contributed by atoms with E-state index in [1.165, 1.54) is 0 Å². The van der Waals surface area contributed by atoms with E-state index in [1.807, 2.05) is 32.0 Å². The monoisotopic (exact) mass is 560 g/mol. The molecule has 0 spiro atoms. The summed E-state index contributed by atoms with van der Waals surface area (Å²) in [6.45, 7) is 4.23. The number of hydrogen-bond acceptors (Lipinski definition) is 10. The van der Waals surface area contributed by atoms with Crippen molar-refractivity contribution in [1.82, 2.24) is 29.7 Å². The summed E-state index contributed by atoms with van der Waals surface area (Å²) < 4.78 is 44.9. The highest BCUT2D eigenvalue weighted by Crippen LogP contribution is 2.38. The summed E-state index contributed by atoms with van der Waals surface area (Å²) in [5.41, 5.74) is 3.55. The SMILES string of the molecule is CCOc1cccc(-c2nc3nnc(CS(=O)(=O)Cc4ccc(C)cn4)cc3n2-c2c(OC)cccc2OC)n1. The zero-order valence-corrected chi connectivity index (χ0v) is 23.3. The van der Waals surface area contributed by atoms with Crippen molar-refractivity contribution in [2.75, 3.05) is 20.8 Å². The van der Waals surface area contributed by atoms with E-state index in [0.29, 0.717) is 58.0 Å². The van der Waals surface area contributed by atoms with Crippen LogP contribution in [0.2, 0.25) is 0 Å². The van der Waals surface area contributed by atoms with Gasteiger partial charge in [0.2, 0.25) is 11.5 Å². The van der Waals surface area contributed by atoms with Gasteiger partial charge >= 0.3 is 0 Å². The molecule has 0 unspecified atom stereocenters. The lowest BCUT2D eigenvalue weighted by atomic mass is 10.2. The van der Waals surface area contributed by atoms with Crippen molar-refractivity contribution in [2.45, 2.75) is 25.4 Å². The first-order chi connectivity index (χ1) is 19.3. The van der Waals surface area contributed by atoms with E-state index in [2.05, 4.69) is 20.2 Å². The van der Waals surface area contributed by atoms with Gasteiger partial charge in [0, 0.05) is 12.3 Å². The van der Waals surface area contributed by atoms with Gasteiger partial charge in [-0.1, -0.05) is 18.2 Å². The molecule has 206 valence electrons. The molecule has 0 saturated heterocycles. The summed E-state index contributed by atoms with van der Waals surface area (Å²) in [6.07, 6.45) is 1.64. The van der Waals surface area contributed by atoms with Gasteiger partial charge in [-0.3, -0.25) is 9.55 Å². The quantitative estimate of drug-likeness (QED) is 0.246. The molecule has 0 aliphatic heterocycles. The van der Waals surface area contributed by atoms with Crippen LogP contribution in [-0.4, -0.2) is 59.0 Å². The van der Waals surface area contributed by atoms with Gasteiger partial charge in [0.25, 0.3) is 0 Å². The number of methoxy groups -OCH3 is 2. The number of benzene rings is 1. The Bertz CT molecular complexity index is 1750. The number of ether oxygens (including phenoxy) is 3. The topological polar surface area (TPSA) is 131 Å². The van der Waals surface area contributed by atoms with Gasteiger partial charge in [0.1, 0.15) is 22.9 Å². The minimum Gasteiger partial charge on any atom is -0.494 e. The third-order valence-electron chi connectivity index (χ3n) is 6.05. The van der Waals surface area contributed by atoms with Crippen LogP contribution in [-0.2, 0) is 21.3 Å². The van der Waals surface area contributed by atoms with Gasteiger partial charge in [0.15, 0.2) is 15.7 Å². The van der Waals surface area contributed by atoms with Gasteiger partial charge in [-0.2, -0.15) is 5.10 Å². The number of nitrogens with zero attached hydrogens (tertiary/aromatic N) is 6. The van der Waals surface area contributed by atoms with Crippen molar-refractivity contribution in [3.8, 4) is 34.6 Å². The molecular weight excluding hydrogens is 532 g/mol. The van der Waals surface area contributed by atoms with Crippen molar-refractivity contribution in [2.24, 2.45) is 0 Å². The molecule has 0 amide bonds. The number of pyridine rings is 2. The minimum atomic E-state index is -3.60. The average Bonchev–Trinajstić information content (AvgIpc) is 3.32. The smallest absolute Gasteiger partial charge is 0.213 e. The van der Waals surface area contributed by atoms with Gasteiger partial charge in [-0.15, -0.1) is 5.10 Å². The Balaban J connectivity index is 1.66. The Morgan fingerprint density at radius 1 is 0.875 bits per heavy atom. The van der Waals surface area contributed by atoms with Crippen LogP contribution in [0.25, 0.3) is 28.4 Å². The first kappa shape index (κ1) is 27.0. The highest BCUT2D eigenvalue weighted by atomic mass is 32.2. The van der Waals surface area contributed by atoms with Gasteiger partial charge < -0.3 is 14.2 Å². The van der Waals surface area contributed by atoms with Crippen molar-refractivity contribution < 1.29 is 22.6 Å². The molecule has 0 fully saturated rings. The molecule has 1 aromatic carbocycles. The van der Waals surface area contributed by atoms with Crippen LogP contribution < -0.4 is 14.2 Å². The summed E-state index contributed by atoms with van der Waals surface area (Å²) in [4.78, 5) is 13.6. The van der Waals surface area contributed by atoms with Crippen molar-refractivity contribution >= 4 is 21.0 Å². The van der Waals surface area contributed by atoms with E-state index in [9.17, 15) is 8.42 Å². The number of hydrogen-bond donors (Lipinski definition) is 0. The lowest BCUT2D eigenvalue weighted by molar-refractivity contribution is 0.327. The number of sulfone groups is 1. The van der Waals surface area contributed by atoms with Crippen LogP contribution in [0.3, 0.4) is 0 Å². The van der Waals surface area contributed by atoms with Gasteiger partial charge in [-0.25, -0.2) is 18.4 Å². The highest BCUT2D eigenvalue weighted by molar-refractivity contribution is 7.89. The predicted molar refractivity (Wildman–Crippen MR) is 149 cm³/mol. The highest BCUT2D eigenvalue weighted by Gasteiger charge is 2.24. The summed E-state index contributed by atoms with van der Waals surface area (Å²) in [5, 5.41) is 8.47.